The fourth-order valence-corrected chi connectivity index (χ4v) is 6.23. The summed E-state index contributed by atoms with van der Waals surface area (Å²) >= 11 is 0. The molecule has 0 aliphatic carbocycles. The molecule has 1 saturated heterocycles. The number of urea groups is 1. The molecule has 5 unspecified atom stereocenters. The lowest BCUT2D eigenvalue weighted by atomic mass is 9.90. The van der Waals surface area contributed by atoms with Gasteiger partial charge in [0.05, 0.1) is 25.9 Å². The van der Waals surface area contributed by atoms with E-state index in [1.807, 2.05) is 103 Å². The summed E-state index contributed by atoms with van der Waals surface area (Å²) in [6, 6.07) is 32.2. The fraction of sp³-hybridized carbons (Fsp3) is 0.317. The molecule has 0 radical (unpaired) electrons. The SMILES string of the molecule is C=CCN(C)CC1OC(c2cccc(-c3cccc(CNC(=O)NC(Cc4ccccc4)C(=O)OC)c3)c2)OC(c2ccc(CO)cc2)C1C. The van der Waals surface area contributed by atoms with Gasteiger partial charge in [0.1, 0.15) is 6.04 Å². The van der Waals surface area contributed by atoms with Gasteiger partial charge in [-0.1, -0.05) is 104 Å². The van der Waals surface area contributed by atoms with Crippen LogP contribution in [-0.2, 0) is 38.6 Å². The molecule has 50 heavy (non-hydrogen) atoms. The third kappa shape index (κ3) is 9.67. The van der Waals surface area contributed by atoms with Gasteiger partial charge >= 0.3 is 12.0 Å². The molecule has 1 aliphatic rings. The molecule has 1 aliphatic heterocycles. The molecular formula is C41H47N3O6. The topological polar surface area (TPSA) is 109 Å². The third-order valence-electron chi connectivity index (χ3n) is 9.00. The summed E-state index contributed by atoms with van der Waals surface area (Å²) in [6.07, 6.45) is 1.31. The quantitative estimate of drug-likeness (QED) is 0.106. The first-order chi connectivity index (χ1) is 24.3. The molecule has 4 aromatic rings. The van der Waals surface area contributed by atoms with Crippen molar-refractivity contribution in [1.82, 2.24) is 15.5 Å². The Hall–Kier alpha value is -4.80. The lowest BCUT2D eigenvalue weighted by molar-refractivity contribution is -0.275. The van der Waals surface area contributed by atoms with Crippen molar-refractivity contribution in [2.75, 3.05) is 27.2 Å². The molecule has 1 fully saturated rings. The van der Waals surface area contributed by atoms with Crippen molar-refractivity contribution in [2.24, 2.45) is 5.92 Å². The Bertz CT molecular complexity index is 1710. The number of carbonyl (C=O) groups is 2. The number of esters is 1. The number of benzene rings is 4. The first kappa shape index (κ1) is 36.5. The maximum atomic E-state index is 12.8. The highest BCUT2D eigenvalue weighted by Crippen LogP contribution is 2.42. The molecule has 5 rings (SSSR count). The fourth-order valence-electron chi connectivity index (χ4n) is 6.23. The number of likely N-dealkylation sites (N-methyl/N-ethyl adjacent to an activating group) is 1. The van der Waals surface area contributed by atoms with Gasteiger partial charge in [0.2, 0.25) is 0 Å². The van der Waals surface area contributed by atoms with E-state index in [2.05, 4.69) is 42.2 Å². The van der Waals surface area contributed by atoms with Crippen molar-refractivity contribution in [3.8, 4) is 11.1 Å². The Balaban J connectivity index is 1.29. The van der Waals surface area contributed by atoms with E-state index in [9.17, 15) is 14.7 Å². The standard InChI is InChI=1S/C41H47N3O6/c1-5-21-44(3)26-37-28(2)38(32-19-17-30(27-45)18-20-32)50-40(49-37)35-16-10-15-34(24-35)33-14-9-13-31(22-33)25-42-41(47)43-36(39(46)48-4)23-29-11-7-6-8-12-29/h5-20,22,24,28,36-38,40,45H,1,21,23,25-27H2,2-4H3,(H2,42,43,47). The number of hydrogen-bond donors (Lipinski definition) is 3. The normalized spacial score (nSPS) is 19.4. The van der Waals surface area contributed by atoms with Gasteiger partial charge in [-0.3, -0.25) is 0 Å². The smallest absolute Gasteiger partial charge is 0.328 e. The summed E-state index contributed by atoms with van der Waals surface area (Å²) in [6.45, 7) is 7.76. The van der Waals surface area contributed by atoms with Gasteiger partial charge in [0, 0.05) is 37.5 Å². The summed E-state index contributed by atoms with van der Waals surface area (Å²) in [4.78, 5) is 27.4. The zero-order valence-electron chi connectivity index (χ0n) is 29.0. The summed E-state index contributed by atoms with van der Waals surface area (Å²) in [5.74, 6) is -0.434. The number of nitrogens with zero attached hydrogens (tertiary/aromatic N) is 1. The number of hydrogen-bond acceptors (Lipinski definition) is 7. The number of carbonyl (C=O) groups excluding carboxylic acids is 2. The molecule has 9 nitrogen and oxygen atoms in total. The number of methoxy groups -OCH3 is 1. The minimum absolute atomic E-state index is 0.00999. The number of aliphatic hydroxyl groups excluding tert-OH is 1. The summed E-state index contributed by atoms with van der Waals surface area (Å²) in [5.41, 5.74) is 6.57. The van der Waals surface area contributed by atoms with Crippen LogP contribution in [-0.4, -0.2) is 61.4 Å². The van der Waals surface area contributed by atoms with Crippen LogP contribution in [0.1, 0.15) is 47.1 Å². The van der Waals surface area contributed by atoms with E-state index in [4.69, 9.17) is 14.2 Å². The first-order valence-corrected chi connectivity index (χ1v) is 16.9. The monoisotopic (exact) mass is 677 g/mol. The number of ether oxygens (including phenoxy) is 3. The highest BCUT2D eigenvalue weighted by atomic mass is 16.7. The largest absolute Gasteiger partial charge is 0.467 e. The van der Waals surface area contributed by atoms with Crippen LogP contribution in [0.3, 0.4) is 0 Å². The molecule has 0 bridgehead atoms. The molecule has 262 valence electrons. The average molecular weight is 678 g/mol. The predicted molar refractivity (Wildman–Crippen MR) is 194 cm³/mol. The molecule has 0 spiro atoms. The van der Waals surface area contributed by atoms with E-state index in [1.165, 1.54) is 7.11 Å². The second kappa shape index (κ2) is 17.7. The molecule has 4 aromatic carbocycles. The minimum Gasteiger partial charge on any atom is -0.467 e. The summed E-state index contributed by atoms with van der Waals surface area (Å²) in [7, 11) is 3.37. The summed E-state index contributed by atoms with van der Waals surface area (Å²) < 4.78 is 18.3. The van der Waals surface area contributed by atoms with Crippen molar-refractivity contribution < 1.29 is 28.9 Å². The van der Waals surface area contributed by atoms with E-state index >= 15 is 0 Å². The molecule has 9 heteroatoms. The van der Waals surface area contributed by atoms with Gasteiger partial charge in [0.25, 0.3) is 0 Å². The number of amides is 2. The van der Waals surface area contributed by atoms with E-state index in [0.717, 1.165) is 45.5 Å². The van der Waals surface area contributed by atoms with Crippen molar-refractivity contribution >= 4 is 12.0 Å². The average Bonchev–Trinajstić information content (AvgIpc) is 3.15. The van der Waals surface area contributed by atoms with E-state index in [-0.39, 0.29) is 31.3 Å². The molecule has 1 heterocycles. The zero-order valence-corrected chi connectivity index (χ0v) is 29.0. The Morgan fingerprint density at radius 3 is 2.30 bits per heavy atom. The lowest BCUT2D eigenvalue weighted by Crippen LogP contribution is -2.47. The zero-order chi connectivity index (χ0) is 35.5. The minimum atomic E-state index is -0.815. The van der Waals surface area contributed by atoms with Crippen molar-refractivity contribution in [2.45, 2.75) is 51.0 Å². The Morgan fingerprint density at radius 1 is 0.900 bits per heavy atom. The van der Waals surface area contributed by atoms with Crippen molar-refractivity contribution in [3.05, 3.63) is 144 Å². The van der Waals surface area contributed by atoms with Crippen LogP contribution in [0, 0.1) is 5.92 Å². The molecule has 2 amide bonds. The number of nitrogens with one attached hydrogen (secondary N) is 2. The van der Waals surface area contributed by atoms with Crippen LogP contribution in [0.15, 0.2) is 116 Å². The highest BCUT2D eigenvalue weighted by Gasteiger charge is 2.38. The van der Waals surface area contributed by atoms with Gasteiger partial charge in [0.15, 0.2) is 6.29 Å². The Kier molecular flexibility index (Phi) is 12.9. The van der Waals surface area contributed by atoms with Crippen LogP contribution in [0.5, 0.6) is 0 Å². The molecule has 0 aromatic heterocycles. The molecule has 5 atom stereocenters. The second-order valence-corrected chi connectivity index (χ2v) is 12.8. The summed E-state index contributed by atoms with van der Waals surface area (Å²) in [5, 5.41) is 15.2. The maximum absolute atomic E-state index is 12.8. The van der Waals surface area contributed by atoms with Gasteiger partial charge in [-0.2, -0.15) is 0 Å². The highest BCUT2D eigenvalue weighted by molar-refractivity contribution is 5.83. The Labute approximate surface area is 294 Å². The van der Waals surface area contributed by atoms with Gasteiger partial charge in [-0.25, -0.2) is 9.59 Å². The van der Waals surface area contributed by atoms with Gasteiger partial charge in [-0.15, -0.1) is 6.58 Å². The Morgan fingerprint density at radius 2 is 1.60 bits per heavy atom. The maximum Gasteiger partial charge on any atom is 0.328 e. The van der Waals surface area contributed by atoms with Crippen molar-refractivity contribution in [3.63, 3.8) is 0 Å². The van der Waals surface area contributed by atoms with Crippen LogP contribution in [0.2, 0.25) is 0 Å². The van der Waals surface area contributed by atoms with Gasteiger partial charge < -0.3 is 34.9 Å². The van der Waals surface area contributed by atoms with Crippen LogP contribution in [0.25, 0.3) is 11.1 Å². The molecule has 0 saturated carbocycles. The van der Waals surface area contributed by atoms with Crippen LogP contribution in [0.4, 0.5) is 4.79 Å². The van der Waals surface area contributed by atoms with Crippen LogP contribution < -0.4 is 10.6 Å². The number of rotatable bonds is 14. The lowest BCUT2D eigenvalue weighted by Gasteiger charge is -2.42. The van der Waals surface area contributed by atoms with E-state index in [0.29, 0.717) is 13.0 Å². The third-order valence-corrected chi connectivity index (χ3v) is 9.00. The predicted octanol–water partition coefficient (Wildman–Crippen LogP) is 6.34. The van der Waals surface area contributed by atoms with Gasteiger partial charge in [-0.05, 0) is 52.6 Å². The number of aliphatic hydroxyl groups is 1. The first-order valence-electron chi connectivity index (χ1n) is 16.9. The second-order valence-electron chi connectivity index (χ2n) is 12.8. The van der Waals surface area contributed by atoms with E-state index in [1.54, 1.807) is 0 Å². The molecular weight excluding hydrogens is 630 g/mol. The van der Waals surface area contributed by atoms with E-state index < -0.39 is 24.3 Å². The van der Waals surface area contributed by atoms with Crippen LogP contribution >= 0.6 is 0 Å². The molecule has 3 N–H and O–H groups in total. The van der Waals surface area contributed by atoms with Crippen molar-refractivity contribution in [1.29, 1.82) is 0 Å².